The van der Waals surface area contributed by atoms with E-state index in [1.165, 1.54) is 0 Å². The average Bonchev–Trinajstić information content (AvgIpc) is 2.31. The predicted octanol–water partition coefficient (Wildman–Crippen LogP) is 1.95. The van der Waals surface area contributed by atoms with Crippen LogP contribution >= 0.6 is 0 Å². The van der Waals surface area contributed by atoms with Crippen molar-refractivity contribution < 1.29 is 15.3 Å². The van der Waals surface area contributed by atoms with Gasteiger partial charge in [-0.05, 0) is 49.7 Å². The maximum atomic E-state index is 10.0. The number of aliphatic hydroxyl groups is 3. The Morgan fingerprint density at radius 3 is 2.17 bits per heavy atom. The Hall–Kier alpha value is -0.900. The molecule has 4 unspecified atom stereocenters. The van der Waals surface area contributed by atoms with E-state index in [-0.39, 0.29) is 5.92 Å². The summed E-state index contributed by atoms with van der Waals surface area (Å²) < 4.78 is 0. The molecule has 0 bridgehead atoms. The topological polar surface area (TPSA) is 60.7 Å². The molecule has 0 heterocycles. The fourth-order valence-electron chi connectivity index (χ4n) is 2.25. The fourth-order valence-corrected chi connectivity index (χ4v) is 2.25. The van der Waals surface area contributed by atoms with Gasteiger partial charge in [0.15, 0.2) is 0 Å². The van der Waals surface area contributed by atoms with Gasteiger partial charge in [-0.15, -0.1) is 0 Å². The highest BCUT2D eigenvalue weighted by Crippen LogP contribution is 2.29. The Kier molecular flexibility index (Phi) is 5.32. The summed E-state index contributed by atoms with van der Waals surface area (Å²) >= 11 is 0. The lowest BCUT2D eigenvalue weighted by Crippen LogP contribution is -2.28. The number of rotatable bonds is 1. The van der Waals surface area contributed by atoms with Gasteiger partial charge in [0.2, 0.25) is 0 Å². The minimum Gasteiger partial charge on any atom is -0.389 e. The van der Waals surface area contributed by atoms with Crippen molar-refractivity contribution in [3.05, 3.63) is 36.5 Å². The molecular weight excluding hydrogens is 228 g/mol. The first-order chi connectivity index (χ1) is 8.32. The molecule has 1 aliphatic carbocycles. The maximum Gasteiger partial charge on any atom is 0.0778 e. The van der Waals surface area contributed by atoms with Crippen LogP contribution in [0.25, 0.3) is 0 Å². The third-order valence-corrected chi connectivity index (χ3v) is 3.78. The monoisotopic (exact) mass is 252 g/mol. The van der Waals surface area contributed by atoms with Crippen molar-refractivity contribution in [2.75, 3.05) is 0 Å². The fraction of sp³-hybridized carbons (Fsp3) is 0.600. The summed E-state index contributed by atoms with van der Waals surface area (Å²) in [6.45, 7) is 13.4. The van der Waals surface area contributed by atoms with Crippen LogP contribution in [-0.2, 0) is 0 Å². The molecule has 0 spiro atoms. The van der Waals surface area contributed by atoms with Crippen LogP contribution in [-0.4, -0.2) is 33.6 Å². The zero-order valence-electron chi connectivity index (χ0n) is 11.1. The molecule has 0 aromatic rings. The molecule has 1 saturated carbocycles. The normalized spacial score (nSPS) is 35.3. The summed E-state index contributed by atoms with van der Waals surface area (Å²) in [5.41, 5.74) is 2.10. The minimum absolute atomic E-state index is 0.00815. The van der Waals surface area contributed by atoms with Gasteiger partial charge in [0.05, 0.1) is 18.3 Å². The standard InChI is InChI=1S/C15H24O3/c1-9(2)12-7-14(17)10(3)5-6-13(16)11(4)15(18)8-12/h12-18H,1,3-8H2,2H3. The van der Waals surface area contributed by atoms with E-state index in [1.54, 1.807) is 0 Å². The largest absolute Gasteiger partial charge is 0.389 e. The highest BCUT2D eigenvalue weighted by atomic mass is 16.3. The van der Waals surface area contributed by atoms with Gasteiger partial charge >= 0.3 is 0 Å². The van der Waals surface area contributed by atoms with Crippen molar-refractivity contribution in [2.45, 2.75) is 50.9 Å². The first kappa shape index (κ1) is 15.2. The summed E-state index contributed by atoms with van der Waals surface area (Å²) in [4.78, 5) is 0. The van der Waals surface area contributed by atoms with Crippen LogP contribution < -0.4 is 0 Å². The van der Waals surface area contributed by atoms with E-state index in [1.807, 2.05) is 6.92 Å². The zero-order valence-corrected chi connectivity index (χ0v) is 11.1. The molecular formula is C15H24O3. The van der Waals surface area contributed by atoms with Crippen LogP contribution in [0.1, 0.15) is 32.6 Å². The summed E-state index contributed by atoms with van der Waals surface area (Å²) in [6, 6.07) is 0. The smallest absolute Gasteiger partial charge is 0.0778 e. The summed E-state index contributed by atoms with van der Waals surface area (Å²) in [5, 5.41) is 30.0. The lowest BCUT2D eigenvalue weighted by Gasteiger charge is -2.29. The molecule has 3 N–H and O–H groups in total. The molecule has 0 aliphatic heterocycles. The average molecular weight is 252 g/mol. The van der Waals surface area contributed by atoms with E-state index in [0.717, 1.165) is 11.1 Å². The summed E-state index contributed by atoms with van der Waals surface area (Å²) in [6.07, 6.45) is -0.143. The van der Waals surface area contributed by atoms with Crippen LogP contribution in [0.5, 0.6) is 0 Å². The molecule has 0 amide bonds. The van der Waals surface area contributed by atoms with E-state index in [2.05, 4.69) is 19.7 Å². The molecule has 1 aliphatic rings. The van der Waals surface area contributed by atoms with Crippen molar-refractivity contribution in [3.63, 3.8) is 0 Å². The molecule has 1 fully saturated rings. The van der Waals surface area contributed by atoms with Gasteiger partial charge in [0.1, 0.15) is 0 Å². The van der Waals surface area contributed by atoms with E-state index in [9.17, 15) is 15.3 Å². The number of aliphatic hydroxyl groups excluding tert-OH is 3. The van der Waals surface area contributed by atoms with Crippen LogP contribution in [0.15, 0.2) is 36.5 Å². The second-order valence-electron chi connectivity index (χ2n) is 5.33. The van der Waals surface area contributed by atoms with E-state index in [4.69, 9.17) is 0 Å². The molecule has 0 aromatic heterocycles. The van der Waals surface area contributed by atoms with Crippen molar-refractivity contribution in [1.29, 1.82) is 0 Å². The lowest BCUT2D eigenvalue weighted by atomic mass is 9.82. The second kappa shape index (κ2) is 6.32. The molecule has 4 atom stereocenters. The molecule has 1 rings (SSSR count). The third-order valence-electron chi connectivity index (χ3n) is 3.78. The van der Waals surface area contributed by atoms with Crippen molar-refractivity contribution in [1.82, 2.24) is 0 Å². The Labute approximate surface area is 109 Å². The van der Waals surface area contributed by atoms with Gasteiger partial charge in [-0.3, -0.25) is 0 Å². The van der Waals surface area contributed by atoms with Crippen LogP contribution in [0.2, 0.25) is 0 Å². The molecule has 0 aromatic carbocycles. The summed E-state index contributed by atoms with van der Waals surface area (Å²) in [7, 11) is 0. The van der Waals surface area contributed by atoms with Gasteiger partial charge in [0, 0.05) is 0 Å². The molecule has 3 heteroatoms. The minimum atomic E-state index is -0.750. The van der Waals surface area contributed by atoms with Crippen LogP contribution in [0.4, 0.5) is 0 Å². The quantitative estimate of drug-likeness (QED) is 0.625. The van der Waals surface area contributed by atoms with Crippen LogP contribution in [0, 0.1) is 5.92 Å². The SMILES string of the molecule is C=C1CCC(O)C(=C)C(O)CC(C(=C)C)CC1O. The third kappa shape index (κ3) is 3.80. The Morgan fingerprint density at radius 2 is 1.61 bits per heavy atom. The van der Waals surface area contributed by atoms with E-state index in [0.29, 0.717) is 31.3 Å². The van der Waals surface area contributed by atoms with E-state index >= 15 is 0 Å². The van der Waals surface area contributed by atoms with Gasteiger partial charge in [0.25, 0.3) is 0 Å². The second-order valence-corrected chi connectivity index (χ2v) is 5.33. The molecule has 18 heavy (non-hydrogen) atoms. The number of allylic oxidation sites excluding steroid dienone is 1. The Morgan fingerprint density at radius 1 is 1.06 bits per heavy atom. The molecule has 0 radical (unpaired) electrons. The summed E-state index contributed by atoms with van der Waals surface area (Å²) in [5.74, 6) is 0.00815. The first-order valence-electron chi connectivity index (χ1n) is 6.38. The number of hydrogen-bond acceptors (Lipinski definition) is 3. The number of hydrogen-bond donors (Lipinski definition) is 3. The van der Waals surface area contributed by atoms with Crippen molar-refractivity contribution in [2.24, 2.45) is 5.92 Å². The zero-order chi connectivity index (χ0) is 13.9. The van der Waals surface area contributed by atoms with E-state index < -0.39 is 18.3 Å². The molecule has 0 saturated heterocycles. The molecule has 3 nitrogen and oxygen atoms in total. The van der Waals surface area contributed by atoms with Crippen LogP contribution in [0.3, 0.4) is 0 Å². The van der Waals surface area contributed by atoms with Gasteiger partial charge < -0.3 is 15.3 Å². The first-order valence-corrected chi connectivity index (χ1v) is 6.38. The van der Waals surface area contributed by atoms with Crippen molar-refractivity contribution in [3.8, 4) is 0 Å². The van der Waals surface area contributed by atoms with Gasteiger partial charge in [-0.2, -0.15) is 0 Å². The molecule has 102 valence electrons. The lowest BCUT2D eigenvalue weighted by molar-refractivity contribution is 0.104. The highest BCUT2D eigenvalue weighted by molar-refractivity contribution is 5.15. The predicted molar refractivity (Wildman–Crippen MR) is 73.1 cm³/mol. The van der Waals surface area contributed by atoms with Gasteiger partial charge in [-0.25, -0.2) is 0 Å². The Balaban J connectivity index is 2.89. The maximum absolute atomic E-state index is 10.0. The highest BCUT2D eigenvalue weighted by Gasteiger charge is 2.26. The van der Waals surface area contributed by atoms with Gasteiger partial charge in [-0.1, -0.05) is 25.3 Å². The Bertz CT molecular complexity index is 346. The van der Waals surface area contributed by atoms with Crippen molar-refractivity contribution >= 4 is 0 Å².